The largest absolute Gasteiger partial charge is 0.338 e. The van der Waals surface area contributed by atoms with E-state index in [9.17, 15) is 4.79 Å². The van der Waals surface area contributed by atoms with Gasteiger partial charge < -0.3 is 9.47 Å². The van der Waals surface area contributed by atoms with Crippen LogP contribution in [0.1, 0.15) is 39.8 Å². The summed E-state index contributed by atoms with van der Waals surface area (Å²) in [5, 5.41) is 0. The van der Waals surface area contributed by atoms with Gasteiger partial charge in [0.15, 0.2) is 0 Å². The third kappa shape index (κ3) is 3.01. The fraction of sp³-hybridized carbons (Fsp3) is 0.389. The normalized spacial score (nSPS) is 15.4. The zero-order valence-corrected chi connectivity index (χ0v) is 15.6. The molecule has 0 N–H and O–H groups in total. The Labute approximate surface area is 155 Å². The maximum absolute atomic E-state index is 12.7. The van der Waals surface area contributed by atoms with Crippen molar-refractivity contribution in [2.75, 3.05) is 13.1 Å². The number of likely N-dealkylation sites (tertiary alicyclic amines) is 1. The van der Waals surface area contributed by atoms with Crippen molar-refractivity contribution in [3.8, 4) is 11.4 Å². The minimum absolute atomic E-state index is 0.0921. The van der Waals surface area contributed by atoms with Gasteiger partial charge >= 0.3 is 0 Å². The zero-order chi connectivity index (χ0) is 18.1. The second-order valence-corrected chi connectivity index (χ2v) is 7.37. The molecule has 3 aromatic heterocycles. The maximum atomic E-state index is 12.7. The van der Waals surface area contributed by atoms with Crippen LogP contribution < -0.4 is 0 Å². The predicted molar refractivity (Wildman–Crippen MR) is 99.0 cm³/mol. The molecule has 1 aliphatic heterocycles. The third-order valence-electron chi connectivity index (χ3n) is 4.89. The van der Waals surface area contributed by atoms with Gasteiger partial charge in [-0.25, -0.2) is 9.97 Å². The van der Waals surface area contributed by atoms with Crippen LogP contribution in [0.3, 0.4) is 0 Å². The molecule has 7 nitrogen and oxygen atoms in total. The standard InChI is InChI=1S/C18H20N6OS/c1-12-17(26-11-22-12)18(25)24-7-3-13(4-8-24)15-16(21-6-5-20-15)14-9-19-10-23(14)2/h5-6,9-11,13H,3-4,7-8H2,1-2H3. The zero-order valence-electron chi connectivity index (χ0n) is 14.8. The second kappa shape index (κ2) is 6.95. The number of aryl methyl sites for hydroxylation is 2. The quantitative estimate of drug-likeness (QED) is 0.710. The van der Waals surface area contributed by atoms with Crippen LogP contribution >= 0.6 is 11.3 Å². The number of amides is 1. The molecule has 0 saturated carbocycles. The van der Waals surface area contributed by atoms with E-state index in [0.717, 1.165) is 53.6 Å². The molecule has 0 spiro atoms. The van der Waals surface area contributed by atoms with E-state index in [0.29, 0.717) is 5.92 Å². The van der Waals surface area contributed by atoms with Gasteiger partial charge in [0, 0.05) is 38.4 Å². The fourth-order valence-electron chi connectivity index (χ4n) is 3.44. The lowest BCUT2D eigenvalue weighted by molar-refractivity contribution is 0.0716. The summed E-state index contributed by atoms with van der Waals surface area (Å²) in [6, 6.07) is 0. The Morgan fingerprint density at radius 1 is 1.19 bits per heavy atom. The van der Waals surface area contributed by atoms with Crippen molar-refractivity contribution in [1.29, 1.82) is 0 Å². The highest BCUT2D eigenvalue weighted by Crippen LogP contribution is 2.33. The molecule has 4 heterocycles. The molecule has 0 bridgehead atoms. The highest BCUT2D eigenvalue weighted by atomic mass is 32.1. The number of rotatable bonds is 3. The Hall–Kier alpha value is -2.61. The number of imidazole rings is 1. The van der Waals surface area contributed by atoms with Gasteiger partial charge in [-0.05, 0) is 19.8 Å². The molecule has 0 atom stereocenters. The highest BCUT2D eigenvalue weighted by Gasteiger charge is 2.29. The van der Waals surface area contributed by atoms with E-state index in [1.54, 1.807) is 24.2 Å². The Balaban J connectivity index is 1.52. The van der Waals surface area contributed by atoms with Crippen LogP contribution in [0.15, 0.2) is 30.4 Å². The van der Waals surface area contributed by atoms with Crippen molar-refractivity contribution in [3.05, 3.63) is 46.7 Å². The molecule has 0 aromatic carbocycles. The van der Waals surface area contributed by atoms with Gasteiger partial charge in [-0.2, -0.15) is 0 Å². The molecule has 1 aliphatic rings. The smallest absolute Gasteiger partial charge is 0.265 e. The van der Waals surface area contributed by atoms with Gasteiger partial charge in [0.2, 0.25) is 0 Å². The van der Waals surface area contributed by atoms with E-state index in [1.807, 2.05) is 29.6 Å². The molecular formula is C18H20N6OS. The SMILES string of the molecule is Cc1ncsc1C(=O)N1CCC(c2nccnc2-c2cncn2C)CC1. The van der Waals surface area contributed by atoms with E-state index < -0.39 is 0 Å². The van der Waals surface area contributed by atoms with Crippen molar-refractivity contribution >= 4 is 17.2 Å². The Morgan fingerprint density at radius 2 is 1.96 bits per heavy atom. The molecule has 1 fully saturated rings. The van der Waals surface area contributed by atoms with E-state index in [4.69, 9.17) is 0 Å². The van der Waals surface area contributed by atoms with Crippen LogP contribution in [-0.4, -0.2) is 48.4 Å². The molecule has 26 heavy (non-hydrogen) atoms. The molecule has 1 amide bonds. The average molecular weight is 368 g/mol. The number of aromatic nitrogens is 5. The molecule has 0 unspecified atom stereocenters. The number of hydrogen-bond donors (Lipinski definition) is 0. The predicted octanol–water partition coefficient (Wildman–Crippen LogP) is 2.66. The third-order valence-corrected chi connectivity index (χ3v) is 5.81. The van der Waals surface area contributed by atoms with Crippen molar-refractivity contribution in [2.45, 2.75) is 25.7 Å². The van der Waals surface area contributed by atoms with Gasteiger partial charge in [0.1, 0.15) is 10.6 Å². The van der Waals surface area contributed by atoms with E-state index in [-0.39, 0.29) is 5.91 Å². The maximum Gasteiger partial charge on any atom is 0.265 e. The van der Waals surface area contributed by atoms with Crippen LogP contribution in [0.5, 0.6) is 0 Å². The summed E-state index contributed by atoms with van der Waals surface area (Å²) in [4.78, 5) is 32.9. The Morgan fingerprint density at radius 3 is 2.62 bits per heavy atom. The number of carbonyl (C=O) groups excluding carboxylic acids is 1. The molecule has 4 rings (SSSR count). The van der Waals surface area contributed by atoms with Crippen LogP contribution in [0.4, 0.5) is 0 Å². The first kappa shape index (κ1) is 16.8. The second-order valence-electron chi connectivity index (χ2n) is 6.51. The minimum Gasteiger partial charge on any atom is -0.338 e. The summed E-state index contributed by atoms with van der Waals surface area (Å²) < 4.78 is 1.96. The van der Waals surface area contributed by atoms with Crippen LogP contribution in [0.2, 0.25) is 0 Å². The molecular weight excluding hydrogens is 348 g/mol. The number of thiazole rings is 1. The number of piperidine rings is 1. The van der Waals surface area contributed by atoms with Crippen LogP contribution in [0.25, 0.3) is 11.4 Å². The summed E-state index contributed by atoms with van der Waals surface area (Å²) in [6.45, 7) is 3.33. The first-order valence-electron chi connectivity index (χ1n) is 8.62. The molecule has 134 valence electrons. The molecule has 0 aliphatic carbocycles. The lowest BCUT2D eigenvalue weighted by Crippen LogP contribution is -2.38. The number of nitrogens with zero attached hydrogens (tertiary/aromatic N) is 6. The molecule has 8 heteroatoms. The van der Waals surface area contributed by atoms with Crippen molar-refractivity contribution in [1.82, 2.24) is 29.4 Å². The first-order valence-corrected chi connectivity index (χ1v) is 9.50. The molecule has 1 saturated heterocycles. The fourth-order valence-corrected chi connectivity index (χ4v) is 4.21. The minimum atomic E-state index is 0.0921. The van der Waals surface area contributed by atoms with E-state index in [2.05, 4.69) is 19.9 Å². The van der Waals surface area contributed by atoms with E-state index in [1.165, 1.54) is 11.3 Å². The van der Waals surface area contributed by atoms with E-state index >= 15 is 0 Å². The summed E-state index contributed by atoms with van der Waals surface area (Å²) in [7, 11) is 1.96. The Kier molecular flexibility index (Phi) is 4.50. The molecule has 3 aromatic rings. The summed E-state index contributed by atoms with van der Waals surface area (Å²) >= 11 is 1.42. The summed E-state index contributed by atoms with van der Waals surface area (Å²) in [5.41, 5.74) is 5.39. The van der Waals surface area contributed by atoms with Gasteiger partial charge in [0.25, 0.3) is 5.91 Å². The van der Waals surface area contributed by atoms with Crippen molar-refractivity contribution < 1.29 is 4.79 Å². The van der Waals surface area contributed by atoms with Crippen LogP contribution in [-0.2, 0) is 7.05 Å². The van der Waals surface area contributed by atoms with Gasteiger partial charge in [-0.1, -0.05) is 0 Å². The summed E-state index contributed by atoms with van der Waals surface area (Å²) in [6.07, 6.45) is 8.82. The lowest BCUT2D eigenvalue weighted by Gasteiger charge is -2.32. The van der Waals surface area contributed by atoms with Gasteiger partial charge in [0.05, 0.1) is 35.1 Å². The van der Waals surface area contributed by atoms with Crippen LogP contribution in [0, 0.1) is 6.92 Å². The average Bonchev–Trinajstić information content (AvgIpc) is 3.29. The number of carbonyl (C=O) groups is 1. The van der Waals surface area contributed by atoms with Crippen molar-refractivity contribution in [3.63, 3.8) is 0 Å². The monoisotopic (exact) mass is 368 g/mol. The number of hydrogen-bond acceptors (Lipinski definition) is 6. The van der Waals surface area contributed by atoms with Gasteiger partial charge in [-0.15, -0.1) is 11.3 Å². The lowest BCUT2D eigenvalue weighted by atomic mass is 9.91. The summed E-state index contributed by atoms with van der Waals surface area (Å²) in [5.74, 6) is 0.384. The highest BCUT2D eigenvalue weighted by molar-refractivity contribution is 7.11. The molecule has 0 radical (unpaired) electrons. The van der Waals surface area contributed by atoms with Crippen molar-refractivity contribution in [2.24, 2.45) is 7.05 Å². The topological polar surface area (TPSA) is 76.8 Å². The Bertz CT molecular complexity index is 925. The first-order chi connectivity index (χ1) is 12.6. The van der Waals surface area contributed by atoms with Gasteiger partial charge in [-0.3, -0.25) is 14.8 Å².